The van der Waals surface area contributed by atoms with Crippen LogP contribution in [0.1, 0.15) is 265 Å². The van der Waals surface area contributed by atoms with Crippen molar-refractivity contribution in [1.29, 1.82) is 0 Å². The first kappa shape index (κ1) is 69.2. The Kier molecular flexibility index (Phi) is 52.3. The van der Waals surface area contributed by atoms with Crippen LogP contribution < -0.4 is 0 Å². The van der Waals surface area contributed by atoms with Crippen LogP contribution >= 0.6 is 7.82 Å². The maximum Gasteiger partial charge on any atom is 0.472 e. The Balaban J connectivity index is 4.73. The highest BCUT2D eigenvalue weighted by atomic mass is 31.2. The molecule has 2 N–H and O–H groups in total. The van der Waals surface area contributed by atoms with E-state index >= 15 is 0 Å². The molecule has 0 amide bonds. The topological polar surface area (TPSA) is 155 Å². The van der Waals surface area contributed by atoms with Gasteiger partial charge in [0.2, 0.25) is 0 Å². The number of aliphatic hydroxyl groups is 1. The van der Waals surface area contributed by atoms with Gasteiger partial charge < -0.3 is 24.2 Å². The lowest BCUT2D eigenvalue weighted by Crippen LogP contribution is -2.30. The SMILES string of the molecule is CC/C=C\C/C=C\C/C=C\CCCCCCCC(=O)OC(CO)COP(=O)(O)OCC(COC(=O)CCCCCCC/C=C\CCCCCC)OC(=O)CCCCCCCCC/C=C\CCCCCCCC. The average molecular weight is 1040 g/mol. The molecule has 0 fully saturated rings. The van der Waals surface area contributed by atoms with Gasteiger partial charge in [-0.25, -0.2) is 4.57 Å². The highest BCUT2D eigenvalue weighted by Crippen LogP contribution is 2.43. The quantitative estimate of drug-likeness (QED) is 0.0197. The molecule has 0 rings (SSSR count). The van der Waals surface area contributed by atoms with Gasteiger partial charge in [0.05, 0.1) is 19.8 Å². The monoisotopic (exact) mass is 1030 g/mol. The number of esters is 3. The Morgan fingerprint density at radius 2 is 0.722 bits per heavy atom. The fourth-order valence-corrected chi connectivity index (χ4v) is 8.73. The molecular weight excluding hydrogens is 928 g/mol. The zero-order valence-corrected chi connectivity index (χ0v) is 47.0. The van der Waals surface area contributed by atoms with Gasteiger partial charge in [0.1, 0.15) is 12.7 Å². The first-order valence-electron chi connectivity index (χ1n) is 29.2. The molecule has 0 bridgehead atoms. The second-order valence-corrected chi connectivity index (χ2v) is 20.9. The van der Waals surface area contributed by atoms with Crippen molar-refractivity contribution >= 4 is 25.7 Å². The molecule has 418 valence electrons. The van der Waals surface area contributed by atoms with Crippen molar-refractivity contribution in [2.24, 2.45) is 0 Å². The summed E-state index contributed by atoms with van der Waals surface area (Å²) >= 11 is 0. The standard InChI is InChI=1S/C60H107O11P/c1-4-7-10-13-16-19-22-25-27-28-30-33-36-39-42-45-48-51-60(64)71-57(53-67-58(62)49-46-43-40-37-34-31-24-21-18-15-12-9-6-3)55-69-72(65,66)68-54-56(52-61)70-59(63)50-47-44-41-38-35-32-29-26-23-20-17-14-11-8-5-2/h8,11,17,20-21,24-27,29,56-57,61H,4-7,9-10,12-16,18-19,22-23,28,30-55H2,1-3H3,(H,65,66)/b11-8-,20-17-,24-21-,27-25-,29-26-. The van der Waals surface area contributed by atoms with E-state index in [1.54, 1.807) is 0 Å². The van der Waals surface area contributed by atoms with Crippen LogP contribution in [-0.4, -0.2) is 66.5 Å². The van der Waals surface area contributed by atoms with Gasteiger partial charge in [0.25, 0.3) is 0 Å². The highest BCUT2D eigenvalue weighted by molar-refractivity contribution is 7.47. The van der Waals surface area contributed by atoms with Crippen LogP contribution in [0.25, 0.3) is 0 Å². The number of ether oxygens (including phenoxy) is 3. The summed E-state index contributed by atoms with van der Waals surface area (Å²) in [5.41, 5.74) is 0. The molecule has 0 aliphatic carbocycles. The summed E-state index contributed by atoms with van der Waals surface area (Å²) in [5.74, 6) is -1.49. The maximum absolute atomic E-state index is 12.9. The molecule has 11 nitrogen and oxygen atoms in total. The smallest absolute Gasteiger partial charge is 0.462 e. The third kappa shape index (κ3) is 52.1. The first-order valence-corrected chi connectivity index (χ1v) is 30.7. The Bertz CT molecular complexity index is 1440. The Morgan fingerprint density at radius 1 is 0.403 bits per heavy atom. The molecule has 0 aromatic carbocycles. The van der Waals surface area contributed by atoms with E-state index in [0.717, 1.165) is 122 Å². The Hall–Kier alpha value is -2.82. The highest BCUT2D eigenvalue weighted by Gasteiger charge is 2.28. The number of phosphoric ester groups is 1. The summed E-state index contributed by atoms with van der Waals surface area (Å²) < 4.78 is 39.5. The molecule has 12 heteroatoms. The molecule has 0 radical (unpaired) electrons. The van der Waals surface area contributed by atoms with E-state index in [4.69, 9.17) is 23.3 Å². The molecule has 0 spiro atoms. The van der Waals surface area contributed by atoms with Gasteiger partial charge in [-0.2, -0.15) is 0 Å². The zero-order valence-electron chi connectivity index (χ0n) is 46.1. The van der Waals surface area contributed by atoms with Gasteiger partial charge in [0.15, 0.2) is 6.10 Å². The molecule has 0 aliphatic heterocycles. The summed E-state index contributed by atoms with van der Waals surface area (Å²) in [4.78, 5) is 48.5. The average Bonchev–Trinajstić information content (AvgIpc) is 3.37. The molecule has 3 unspecified atom stereocenters. The number of allylic oxidation sites excluding steroid dienone is 10. The lowest BCUT2D eigenvalue weighted by atomic mass is 10.1. The number of carbonyl (C=O) groups excluding carboxylic acids is 3. The zero-order chi connectivity index (χ0) is 52.7. The summed E-state index contributed by atoms with van der Waals surface area (Å²) in [7, 11) is -4.75. The number of carbonyl (C=O) groups is 3. The molecule has 3 atom stereocenters. The second-order valence-electron chi connectivity index (χ2n) is 19.4. The van der Waals surface area contributed by atoms with Gasteiger partial charge in [-0.15, -0.1) is 0 Å². The van der Waals surface area contributed by atoms with Crippen LogP contribution in [0, 0.1) is 0 Å². The van der Waals surface area contributed by atoms with Crippen molar-refractivity contribution in [1.82, 2.24) is 0 Å². The van der Waals surface area contributed by atoms with Crippen molar-refractivity contribution in [2.75, 3.05) is 26.4 Å². The van der Waals surface area contributed by atoms with Crippen molar-refractivity contribution in [3.8, 4) is 0 Å². The van der Waals surface area contributed by atoms with E-state index in [2.05, 4.69) is 81.5 Å². The van der Waals surface area contributed by atoms with E-state index in [9.17, 15) is 28.9 Å². The summed E-state index contributed by atoms with van der Waals surface area (Å²) in [6.07, 6.45) is 58.9. The van der Waals surface area contributed by atoms with Crippen LogP contribution in [0.2, 0.25) is 0 Å². The molecule has 0 saturated heterocycles. The van der Waals surface area contributed by atoms with Crippen LogP contribution in [0.5, 0.6) is 0 Å². The van der Waals surface area contributed by atoms with Crippen LogP contribution in [0.4, 0.5) is 0 Å². The van der Waals surface area contributed by atoms with E-state index in [1.165, 1.54) is 83.5 Å². The number of hydrogen-bond acceptors (Lipinski definition) is 10. The van der Waals surface area contributed by atoms with E-state index < -0.39 is 57.8 Å². The fourth-order valence-electron chi connectivity index (χ4n) is 7.95. The number of unbranched alkanes of at least 4 members (excludes halogenated alkanes) is 27. The van der Waals surface area contributed by atoms with Crippen molar-refractivity contribution in [3.05, 3.63) is 60.8 Å². The summed E-state index contributed by atoms with van der Waals surface area (Å²) in [5, 5.41) is 9.81. The molecule has 0 aromatic heterocycles. The predicted octanol–water partition coefficient (Wildman–Crippen LogP) is 17.1. The summed E-state index contributed by atoms with van der Waals surface area (Å²) in [6.45, 7) is 4.50. The molecule has 0 aliphatic rings. The predicted molar refractivity (Wildman–Crippen MR) is 298 cm³/mol. The maximum atomic E-state index is 12.9. The van der Waals surface area contributed by atoms with Gasteiger partial charge in [-0.05, 0) is 103 Å². The third-order valence-electron chi connectivity index (χ3n) is 12.4. The van der Waals surface area contributed by atoms with E-state index in [0.29, 0.717) is 19.3 Å². The molecule has 0 heterocycles. The molecule has 72 heavy (non-hydrogen) atoms. The van der Waals surface area contributed by atoms with E-state index in [-0.39, 0.29) is 25.9 Å². The number of aliphatic hydroxyl groups excluding tert-OH is 1. The van der Waals surface area contributed by atoms with E-state index in [1.807, 2.05) is 0 Å². The number of rotatable bonds is 54. The Morgan fingerprint density at radius 3 is 1.14 bits per heavy atom. The molecule has 0 saturated carbocycles. The summed E-state index contributed by atoms with van der Waals surface area (Å²) in [6, 6.07) is 0. The van der Waals surface area contributed by atoms with Crippen LogP contribution in [0.15, 0.2) is 60.8 Å². The second kappa shape index (κ2) is 54.4. The number of phosphoric acid groups is 1. The fraction of sp³-hybridized carbons (Fsp3) is 0.783. The Labute approximate surface area is 440 Å². The van der Waals surface area contributed by atoms with Crippen molar-refractivity contribution < 1.29 is 52.2 Å². The normalized spacial score (nSPS) is 13.8. The molecule has 0 aromatic rings. The van der Waals surface area contributed by atoms with Gasteiger partial charge >= 0.3 is 25.7 Å². The third-order valence-corrected chi connectivity index (χ3v) is 13.3. The van der Waals surface area contributed by atoms with Gasteiger partial charge in [-0.3, -0.25) is 23.4 Å². The van der Waals surface area contributed by atoms with Gasteiger partial charge in [-0.1, -0.05) is 204 Å². The van der Waals surface area contributed by atoms with Crippen LogP contribution in [0.3, 0.4) is 0 Å². The lowest BCUT2D eigenvalue weighted by molar-refractivity contribution is -0.161. The van der Waals surface area contributed by atoms with Gasteiger partial charge in [0, 0.05) is 19.3 Å². The van der Waals surface area contributed by atoms with Crippen LogP contribution in [-0.2, 0) is 42.2 Å². The number of hydrogen-bond donors (Lipinski definition) is 2. The minimum Gasteiger partial charge on any atom is -0.462 e. The first-order chi connectivity index (χ1) is 35.2. The van der Waals surface area contributed by atoms with Crippen molar-refractivity contribution in [3.63, 3.8) is 0 Å². The largest absolute Gasteiger partial charge is 0.472 e. The van der Waals surface area contributed by atoms with Crippen molar-refractivity contribution in [2.45, 2.75) is 277 Å². The minimum absolute atomic E-state index is 0.157. The molecular formula is C60H107O11P. The lowest BCUT2D eigenvalue weighted by Gasteiger charge is -2.21. The minimum atomic E-state index is -4.75.